The van der Waals surface area contributed by atoms with Gasteiger partial charge in [0.25, 0.3) is 0 Å². The van der Waals surface area contributed by atoms with E-state index in [0.29, 0.717) is 0 Å². The molecule has 1 aromatic heterocycles. The molecule has 0 fully saturated rings. The molecule has 2 nitrogen and oxygen atoms in total. The predicted octanol–water partition coefficient (Wildman–Crippen LogP) is 3.68. The van der Waals surface area contributed by atoms with Gasteiger partial charge < -0.3 is 4.42 Å². The second kappa shape index (κ2) is 4.78. The molecule has 0 N–H and O–H groups in total. The van der Waals surface area contributed by atoms with Gasteiger partial charge in [0.15, 0.2) is 6.39 Å². The standard InChI is InChI=1S/C13H15NO/c1-2-3-4-11-5-7-12(8-6-11)13-9-15-10-14-13/h5-10H,2-4H2,1H3. The molecule has 0 saturated heterocycles. The number of hydrogen-bond donors (Lipinski definition) is 0. The number of aromatic nitrogens is 1. The van der Waals surface area contributed by atoms with E-state index in [4.69, 9.17) is 4.42 Å². The molecule has 0 aliphatic heterocycles. The second-order valence-corrected chi connectivity index (χ2v) is 3.67. The number of aryl methyl sites for hydroxylation is 1. The summed E-state index contributed by atoms with van der Waals surface area (Å²) in [5.41, 5.74) is 3.41. The molecule has 0 radical (unpaired) electrons. The van der Waals surface area contributed by atoms with Crippen molar-refractivity contribution in [1.29, 1.82) is 0 Å². The molecular weight excluding hydrogens is 186 g/mol. The van der Waals surface area contributed by atoms with E-state index in [1.54, 1.807) is 6.26 Å². The smallest absolute Gasteiger partial charge is 0.181 e. The van der Waals surface area contributed by atoms with Crippen molar-refractivity contribution in [2.75, 3.05) is 0 Å². The molecule has 2 aromatic rings. The minimum atomic E-state index is 0.900. The molecule has 2 heteroatoms. The van der Waals surface area contributed by atoms with Crippen molar-refractivity contribution < 1.29 is 4.42 Å². The van der Waals surface area contributed by atoms with Crippen molar-refractivity contribution in [2.24, 2.45) is 0 Å². The Morgan fingerprint density at radius 3 is 2.60 bits per heavy atom. The Morgan fingerprint density at radius 2 is 2.00 bits per heavy atom. The van der Waals surface area contributed by atoms with E-state index in [9.17, 15) is 0 Å². The summed E-state index contributed by atoms with van der Waals surface area (Å²) in [6, 6.07) is 8.53. The van der Waals surface area contributed by atoms with Crippen LogP contribution in [-0.2, 0) is 6.42 Å². The Kier molecular flexibility index (Phi) is 3.18. The number of hydrogen-bond acceptors (Lipinski definition) is 2. The lowest BCUT2D eigenvalue weighted by atomic mass is 10.1. The van der Waals surface area contributed by atoms with E-state index in [-0.39, 0.29) is 0 Å². The van der Waals surface area contributed by atoms with Crippen molar-refractivity contribution in [3.8, 4) is 11.3 Å². The van der Waals surface area contributed by atoms with Crippen molar-refractivity contribution in [3.05, 3.63) is 42.5 Å². The topological polar surface area (TPSA) is 26.0 Å². The molecule has 0 aliphatic rings. The van der Waals surface area contributed by atoms with Gasteiger partial charge in [0, 0.05) is 5.56 Å². The van der Waals surface area contributed by atoms with Gasteiger partial charge in [-0.3, -0.25) is 0 Å². The molecule has 1 heterocycles. The van der Waals surface area contributed by atoms with Crippen LogP contribution in [0, 0.1) is 0 Å². The molecule has 0 bridgehead atoms. The van der Waals surface area contributed by atoms with Gasteiger partial charge in [0.05, 0.1) is 0 Å². The molecule has 0 spiro atoms. The largest absolute Gasteiger partial charge is 0.451 e. The van der Waals surface area contributed by atoms with Crippen molar-refractivity contribution in [2.45, 2.75) is 26.2 Å². The number of oxazole rings is 1. The highest BCUT2D eigenvalue weighted by molar-refractivity contribution is 5.57. The third-order valence-corrected chi connectivity index (χ3v) is 2.50. The van der Waals surface area contributed by atoms with Crippen LogP contribution in [0.1, 0.15) is 25.3 Å². The van der Waals surface area contributed by atoms with Crippen LogP contribution in [-0.4, -0.2) is 4.98 Å². The predicted molar refractivity (Wildman–Crippen MR) is 60.6 cm³/mol. The zero-order valence-electron chi connectivity index (χ0n) is 8.94. The van der Waals surface area contributed by atoms with Gasteiger partial charge >= 0.3 is 0 Å². The third-order valence-electron chi connectivity index (χ3n) is 2.50. The molecule has 0 atom stereocenters. The van der Waals surface area contributed by atoms with Crippen LogP contribution < -0.4 is 0 Å². The molecule has 1 aromatic carbocycles. The van der Waals surface area contributed by atoms with E-state index >= 15 is 0 Å². The summed E-state index contributed by atoms with van der Waals surface area (Å²) in [5, 5.41) is 0. The summed E-state index contributed by atoms with van der Waals surface area (Å²) in [6.45, 7) is 2.21. The van der Waals surface area contributed by atoms with Crippen LogP contribution in [0.4, 0.5) is 0 Å². The van der Waals surface area contributed by atoms with Crippen LogP contribution >= 0.6 is 0 Å². The monoisotopic (exact) mass is 201 g/mol. The molecule has 0 amide bonds. The van der Waals surface area contributed by atoms with Gasteiger partial charge in [0.2, 0.25) is 0 Å². The fourth-order valence-electron chi connectivity index (χ4n) is 1.58. The minimum absolute atomic E-state index is 0.900. The van der Waals surface area contributed by atoms with Crippen LogP contribution in [0.25, 0.3) is 11.3 Å². The maximum absolute atomic E-state index is 4.95. The summed E-state index contributed by atoms with van der Waals surface area (Å²) in [4.78, 5) is 4.11. The van der Waals surface area contributed by atoms with Crippen LogP contribution in [0.5, 0.6) is 0 Å². The highest BCUT2D eigenvalue weighted by Gasteiger charge is 2.00. The first-order valence-corrected chi connectivity index (χ1v) is 5.37. The Hall–Kier alpha value is -1.57. The van der Waals surface area contributed by atoms with Gasteiger partial charge in [-0.25, -0.2) is 4.98 Å². The summed E-state index contributed by atoms with van der Waals surface area (Å²) >= 11 is 0. The maximum Gasteiger partial charge on any atom is 0.181 e. The van der Waals surface area contributed by atoms with Crippen LogP contribution in [0.15, 0.2) is 41.3 Å². The number of unbranched alkanes of at least 4 members (excludes halogenated alkanes) is 1. The minimum Gasteiger partial charge on any atom is -0.451 e. The van der Waals surface area contributed by atoms with E-state index in [2.05, 4.69) is 36.2 Å². The molecular formula is C13H15NO. The molecule has 78 valence electrons. The van der Waals surface area contributed by atoms with Gasteiger partial charge in [-0.05, 0) is 18.4 Å². The van der Waals surface area contributed by atoms with Crippen molar-refractivity contribution >= 4 is 0 Å². The third kappa shape index (κ3) is 2.46. The van der Waals surface area contributed by atoms with E-state index in [0.717, 1.165) is 17.7 Å². The fraction of sp³-hybridized carbons (Fsp3) is 0.308. The Bertz CT molecular complexity index is 389. The molecule has 0 unspecified atom stereocenters. The fourth-order valence-corrected chi connectivity index (χ4v) is 1.58. The lowest BCUT2D eigenvalue weighted by Crippen LogP contribution is -1.84. The Morgan fingerprint density at radius 1 is 1.20 bits per heavy atom. The zero-order chi connectivity index (χ0) is 10.5. The lowest BCUT2D eigenvalue weighted by molar-refractivity contribution is 0.558. The SMILES string of the molecule is CCCCc1ccc(-c2cocn2)cc1. The summed E-state index contributed by atoms with van der Waals surface area (Å²) < 4.78 is 4.95. The first kappa shape index (κ1) is 9.97. The highest BCUT2D eigenvalue weighted by atomic mass is 16.3. The first-order chi connectivity index (χ1) is 7.40. The van der Waals surface area contributed by atoms with E-state index in [1.165, 1.54) is 24.8 Å². The van der Waals surface area contributed by atoms with E-state index < -0.39 is 0 Å². The zero-order valence-corrected chi connectivity index (χ0v) is 8.94. The molecule has 0 aliphatic carbocycles. The summed E-state index contributed by atoms with van der Waals surface area (Å²) in [6.07, 6.45) is 6.78. The number of benzene rings is 1. The van der Waals surface area contributed by atoms with E-state index in [1.807, 2.05) is 0 Å². The maximum atomic E-state index is 4.95. The summed E-state index contributed by atoms with van der Waals surface area (Å²) in [7, 11) is 0. The number of rotatable bonds is 4. The van der Waals surface area contributed by atoms with Gasteiger partial charge in [-0.15, -0.1) is 0 Å². The second-order valence-electron chi connectivity index (χ2n) is 3.67. The Labute approximate surface area is 90.0 Å². The number of nitrogens with zero attached hydrogens (tertiary/aromatic N) is 1. The van der Waals surface area contributed by atoms with Crippen LogP contribution in [0.3, 0.4) is 0 Å². The lowest BCUT2D eigenvalue weighted by Gasteiger charge is -2.00. The van der Waals surface area contributed by atoms with Crippen molar-refractivity contribution in [1.82, 2.24) is 4.98 Å². The Balaban J connectivity index is 2.11. The molecule has 15 heavy (non-hydrogen) atoms. The van der Waals surface area contributed by atoms with Gasteiger partial charge in [-0.2, -0.15) is 0 Å². The van der Waals surface area contributed by atoms with Gasteiger partial charge in [-0.1, -0.05) is 37.6 Å². The average molecular weight is 201 g/mol. The molecule has 0 saturated carbocycles. The quantitative estimate of drug-likeness (QED) is 0.754. The molecule has 2 rings (SSSR count). The van der Waals surface area contributed by atoms with Crippen LogP contribution in [0.2, 0.25) is 0 Å². The summed E-state index contributed by atoms with van der Waals surface area (Å²) in [5.74, 6) is 0. The van der Waals surface area contributed by atoms with Crippen molar-refractivity contribution in [3.63, 3.8) is 0 Å². The average Bonchev–Trinajstić information content (AvgIpc) is 2.80. The normalized spacial score (nSPS) is 10.5. The van der Waals surface area contributed by atoms with Gasteiger partial charge in [0.1, 0.15) is 12.0 Å². The first-order valence-electron chi connectivity index (χ1n) is 5.37. The highest BCUT2D eigenvalue weighted by Crippen LogP contribution is 2.18.